The van der Waals surface area contributed by atoms with Crippen molar-refractivity contribution in [1.82, 2.24) is 14.9 Å². The first kappa shape index (κ1) is 11.8. The molecule has 0 radical (unpaired) electrons. The molecule has 1 aliphatic rings. The molecule has 18 heavy (non-hydrogen) atoms. The van der Waals surface area contributed by atoms with Crippen molar-refractivity contribution < 1.29 is 0 Å². The van der Waals surface area contributed by atoms with E-state index in [4.69, 9.17) is 11.6 Å². The molecule has 0 spiro atoms. The van der Waals surface area contributed by atoms with Gasteiger partial charge in [-0.3, -0.25) is 0 Å². The summed E-state index contributed by atoms with van der Waals surface area (Å²) < 4.78 is 2.17. The number of benzene rings is 1. The minimum atomic E-state index is 0.753. The molecule has 0 bridgehead atoms. The number of aromatic nitrogens is 2. The fraction of sp³-hybridized carbons (Fsp3) is 0.357. The maximum absolute atomic E-state index is 6.03. The molecule has 0 amide bonds. The number of rotatable bonds is 5. The van der Waals surface area contributed by atoms with Gasteiger partial charge in [0.25, 0.3) is 0 Å². The molecule has 1 saturated carbocycles. The molecule has 2 aromatic rings. The zero-order valence-corrected chi connectivity index (χ0v) is 10.9. The highest BCUT2D eigenvalue weighted by molar-refractivity contribution is 6.30. The Balaban J connectivity index is 1.73. The van der Waals surface area contributed by atoms with Crippen LogP contribution in [0.5, 0.6) is 0 Å². The molecule has 94 valence electrons. The van der Waals surface area contributed by atoms with Crippen molar-refractivity contribution in [2.75, 3.05) is 6.54 Å². The standard InChI is InChI=1S/C14H16ClN3/c15-12-3-1-2-11(8-12)14-9-16-10-18(14)7-6-17-13-4-5-13/h1-3,8-10,13,17H,4-7H2. The minimum absolute atomic E-state index is 0.753. The predicted octanol–water partition coefficient (Wildman–Crippen LogP) is 2.96. The van der Waals surface area contributed by atoms with Crippen LogP contribution in [-0.2, 0) is 6.54 Å². The summed E-state index contributed by atoms with van der Waals surface area (Å²) in [7, 11) is 0. The van der Waals surface area contributed by atoms with Gasteiger partial charge in [0.2, 0.25) is 0 Å². The monoisotopic (exact) mass is 261 g/mol. The number of halogens is 1. The Morgan fingerprint density at radius 2 is 2.28 bits per heavy atom. The van der Waals surface area contributed by atoms with Gasteiger partial charge in [-0.15, -0.1) is 0 Å². The molecule has 1 aliphatic carbocycles. The Morgan fingerprint density at radius 3 is 3.06 bits per heavy atom. The average Bonchev–Trinajstić information content (AvgIpc) is 3.06. The lowest BCUT2D eigenvalue weighted by Crippen LogP contribution is -2.21. The first-order valence-corrected chi connectivity index (χ1v) is 6.70. The van der Waals surface area contributed by atoms with Gasteiger partial charge in [0.1, 0.15) is 0 Å². The van der Waals surface area contributed by atoms with Gasteiger partial charge in [0.05, 0.1) is 18.2 Å². The molecular weight excluding hydrogens is 246 g/mol. The largest absolute Gasteiger partial charge is 0.329 e. The van der Waals surface area contributed by atoms with E-state index in [0.717, 1.165) is 35.4 Å². The van der Waals surface area contributed by atoms with Crippen molar-refractivity contribution in [3.8, 4) is 11.3 Å². The molecule has 1 heterocycles. The number of nitrogens with one attached hydrogen (secondary N) is 1. The number of hydrogen-bond donors (Lipinski definition) is 1. The molecule has 0 atom stereocenters. The Bertz CT molecular complexity index is 531. The third-order valence-corrected chi connectivity index (χ3v) is 3.43. The molecule has 1 N–H and O–H groups in total. The van der Waals surface area contributed by atoms with E-state index in [-0.39, 0.29) is 0 Å². The second-order valence-electron chi connectivity index (χ2n) is 4.71. The number of hydrogen-bond acceptors (Lipinski definition) is 2. The molecule has 1 aromatic carbocycles. The van der Waals surface area contributed by atoms with Crippen LogP contribution in [0.3, 0.4) is 0 Å². The molecule has 3 nitrogen and oxygen atoms in total. The fourth-order valence-electron chi connectivity index (χ4n) is 2.06. The van der Waals surface area contributed by atoms with E-state index in [9.17, 15) is 0 Å². The average molecular weight is 262 g/mol. The highest BCUT2D eigenvalue weighted by atomic mass is 35.5. The number of imidazole rings is 1. The van der Waals surface area contributed by atoms with E-state index in [1.165, 1.54) is 12.8 Å². The fourth-order valence-corrected chi connectivity index (χ4v) is 2.25. The van der Waals surface area contributed by atoms with Crippen LogP contribution in [0.1, 0.15) is 12.8 Å². The van der Waals surface area contributed by atoms with Crippen LogP contribution in [0.4, 0.5) is 0 Å². The number of nitrogens with zero attached hydrogens (tertiary/aromatic N) is 2. The second kappa shape index (κ2) is 5.12. The SMILES string of the molecule is Clc1cccc(-c2cncn2CCNC2CC2)c1. The Labute approximate surface area is 112 Å². The van der Waals surface area contributed by atoms with Crippen LogP contribution in [0.2, 0.25) is 5.02 Å². The van der Waals surface area contributed by atoms with Gasteiger partial charge in [-0.25, -0.2) is 4.98 Å². The summed E-state index contributed by atoms with van der Waals surface area (Å²) in [6.07, 6.45) is 6.42. The molecule has 1 fully saturated rings. The van der Waals surface area contributed by atoms with E-state index in [1.807, 2.05) is 30.7 Å². The Kier molecular flexibility index (Phi) is 3.35. The van der Waals surface area contributed by atoms with E-state index in [0.29, 0.717) is 0 Å². The van der Waals surface area contributed by atoms with Crippen molar-refractivity contribution >= 4 is 11.6 Å². The van der Waals surface area contributed by atoms with Gasteiger partial charge in [0.15, 0.2) is 0 Å². The van der Waals surface area contributed by atoms with E-state index in [2.05, 4.69) is 20.9 Å². The minimum Gasteiger partial charge on any atom is -0.329 e. The lowest BCUT2D eigenvalue weighted by Gasteiger charge is -2.09. The molecular formula is C14H16ClN3. The maximum atomic E-state index is 6.03. The molecule has 0 saturated heterocycles. The van der Waals surface area contributed by atoms with E-state index in [1.54, 1.807) is 0 Å². The Morgan fingerprint density at radius 1 is 1.39 bits per heavy atom. The predicted molar refractivity (Wildman–Crippen MR) is 73.7 cm³/mol. The lowest BCUT2D eigenvalue weighted by molar-refractivity contribution is 0.598. The summed E-state index contributed by atoms with van der Waals surface area (Å²) >= 11 is 6.03. The summed E-state index contributed by atoms with van der Waals surface area (Å²) in [6.45, 7) is 1.94. The van der Waals surface area contributed by atoms with Crippen molar-refractivity contribution in [3.05, 3.63) is 41.8 Å². The topological polar surface area (TPSA) is 29.9 Å². The quantitative estimate of drug-likeness (QED) is 0.897. The first-order chi connectivity index (χ1) is 8.83. The third kappa shape index (κ3) is 2.74. The Hall–Kier alpha value is -1.32. The van der Waals surface area contributed by atoms with Crippen LogP contribution in [0.15, 0.2) is 36.8 Å². The van der Waals surface area contributed by atoms with Gasteiger partial charge in [0, 0.05) is 29.7 Å². The van der Waals surface area contributed by atoms with E-state index >= 15 is 0 Å². The van der Waals surface area contributed by atoms with Crippen molar-refractivity contribution in [2.24, 2.45) is 0 Å². The van der Waals surface area contributed by atoms with Gasteiger partial charge in [-0.05, 0) is 25.0 Å². The highest BCUT2D eigenvalue weighted by Crippen LogP contribution is 2.22. The van der Waals surface area contributed by atoms with Crippen LogP contribution in [0, 0.1) is 0 Å². The lowest BCUT2D eigenvalue weighted by atomic mass is 10.2. The summed E-state index contributed by atoms with van der Waals surface area (Å²) in [4.78, 5) is 4.23. The van der Waals surface area contributed by atoms with Crippen molar-refractivity contribution in [3.63, 3.8) is 0 Å². The molecule has 0 unspecified atom stereocenters. The maximum Gasteiger partial charge on any atom is 0.0951 e. The molecule has 4 heteroatoms. The summed E-state index contributed by atoms with van der Waals surface area (Å²) in [5.41, 5.74) is 2.24. The van der Waals surface area contributed by atoms with Crippen LogP contribution < -0.4 is 5.32 Å². The van der Waals surface area contributed by atoms with Crippen LogP contribution in [0.25, 0.3) is 11.3 Å². The molecule has 0 aliphatic heterocycles. The molecule has 3 rings (SSSR count). The normalized spacial score (nSPS) is 14.9. The van der Waals surface area contributed by atoms with Gasteiger partial charge < -0.3 is 9.88 Å². The first-order valence-electron chi connectivity index (χ1n) is 6.32. The highest BCUT2D eigenvalue weighted by Gasteiger charge is 2.19. The van der Waals surface area contributed by atoms with E-state index < -0.39 is 0 Å². The van der Waals surface area contributed by atoms with Gasteiger partial charge >= 0.3 is 0 Å². The van der Waals surface area contributed by atoms with Crippen molar-refractivity contribution in [2.45, 2.75) is 25.4 Å². The zero-order valence-electron chi connectivity index (χ0n) is 10.1. The molecule has 1 aromatic heterocycles. The smallest absolute Gasteiger partial charge is 0.0951 e. The zero-order chi connectivity index (χ0) is 12.4. The van der Waals surface area contributed by atoms with Gasteiger partial charge in [-0.1, -0.05) is 23.7 Å². The summed E-state index contributed by atoms with van der Waals surface area (Å²) in [5, 5.41) is 4.27. The second-order valence-corrected chi connectivity index (χ2v) is 5.15. The summed E-state index contributed by atoms with van der Waals surface area (Å²) in [5.74, 6) is 0. The van der Waals surface area contributed by atoms with Gasteiger partial charge in [-0.2, -0.15) is 0 Å². The van der Waals surface area contributed by atoms with Crippen LogP contribution >= 0.6 is 11.6 Å². The van der Waals surface area contributed by atoms with Crippen LogP contribution in [-0.4, -0.2) is 22.1 Å². The van der Waals surface area contributed by atoms with Crippen molar-refractivity contribution in [1.29, 1.82) is 0 Å². The summed E-state index contributed by atoms with van der Waals surface area (Å²) in [6, 6.07) is 8.65. The third-order valence-electron chi connectivity index (χ3n) is 3.20.